The van der Waals surface area contributed by atoms with Crippen molar-refractivity contribution in [3.05, 3.63) is 0 Å². The zero-order valence-corrected chi connectivity index (χ0v) is 9.98. The summed E-state index contributed by atoms with van der Waals surface area (Å²) in [5.41, 5.74) is 0. The summed E-state index contributed by atoms with van der Waals surface area (Å²) in [5, 5.41) is 12.0. The highest BCUT2D eigenvalue weighted by Crippen LogP contribution is 2.33. The standard InChI is InChI=1S/C12H22N2O2/c1-9-7-10(8-14(9)11-4-5-11)13-6-2-3-12(15)16/h9-11,13H,2-8H2,1H3,(H,15,16). The molecule has 0 aromatic heterocycles. The van der Waals surface area contributed by atoms with E-state index in [-0.39, 0.29) is 6.42 Å². The average molecular weight is 226 g/mol. The summed E-state index contributed by atoms with van der Waals surface area (Å²) in [6.45, 7) is 4.29. The van der Waals surface area contributed by atoms with Crippen LogP contribution in [0.1, 0.15) is 39.0 Å². The number of carboxylic acids is 1. The molecule has 2 fully saturated rings. The van der Waals surface area contributed by atoms with E-state index in [0.717, 1.165) is 25.6 Å². The van der Waals surface area contributed by atoms with Gasteiger partial charge in [0.15, 0.2) is 0 Å². The zero-order valence-electron chi connectivity index (χ0n) is 9.98. The lowest BCUT2D eigenvalue weighted by molar-refractivity contribution is -0.137. The second kappa shape index (κ2) is 5.15. The summed E-state index contributed by atoms with van der Waals surface area (Å²) in [6, 6.07) is 2.12. The van der Waals surface area contributed by atoms with Crippen LogP contribution in [0.15, 0.2) is 0 Å². The van der Waals surface area contributed by atoms with Gasteiger partial charge < -0.3 is 10.4 Å². The summed E-state index contributed by atoms with van der Waals surface area (Å²) in [7, 11) is 0. The van der Waals surface area contributed by atoms with Gasteiger partial charge in [0.1, 0.15) is 0 Å². The van der Waals surface area contributed by atoms with Crippen molar-refractivity contribution in [3.8, 4) is 0 Å². The van der Waals surface area contributed by atoms with Crippen LogP contribution in [0.25, 0.3) is 0 Å². The maximum absolute atomic E-state index is 10.4. The molecule has 16 heavy (non-hydrogen) atoms. The smallest absolute Gasteiger partial charge is 0.303 e. The van der Waals surface area contributed by atoms with Crippen molar-refractivity contribution in [1.82, 2.24) is 10.2 Å². The van der Waals surface area contributed by atoms with Gasteiger partial charge in [0.05, 0.1) is 0 Å². The van der Waals surface area contributed by atoms with Gasteiger partial charge >= 0.3 is 5.97 Å². The lowest BCUT2D eigenvalue weighted by atomic mass is 10.2. The molecule has 1 saturated carbocycles. The number of hydrogen-bond donors (Lipinski definition) is 2. The van der Waals surface area contributed by atoms with E-state index in [1.807, 2.05) is 0 Å². The molecule has 1 heterocycles. The molecule has 2 N–H and O–H groups in total. The maximum Gasteiger partial charge on any atom is 0.303 e. The number of nitrogens with zero attached hydrogens (tertiary/aromatic N) is 1. The van der Waals surface area contributed by atoms with E-state index in [1.54, 1.807) is 0 Å². The van der Waals surface area contributed by atoms with Crippen molar-refractivity contribution >= 4 is 5.97 Å². The molecule has 4 heteroatoms. The minimum atomic E-state index is -0.693. The average Bonchev–Trinajstić information content (AvgIpc) is 2.98. The quantitative estimate of drug-likeness (QED) is 0.665. The number of rotatable bonds is 6. The third-order valence-electron chi connectivity index (χ3n) is 3.64. The Kier molecular flexibility index (Phi) is 3.82. The Morgan fingerprint density at radius 1 is 1.50 bits per heavy atom. The zero-order chi connectivity index (χ0) is 11.5. The first-order valence-electron chi connectivity index (χ1n) is 6.37. The predicted octanol–water partition coefficient (Wildman–Crippen LogP) is 1.07. The van der Waals surface area contributed by atoms with Gasteiger partial charge in [-0.2, -0.15) is 0 Å². The molecular weight excluding hydrogens is 204 g/mol. The van der Waals surface area contributed by atoms with Gasteiger partial charge in [-0.05, 0) is 39.2 Å². The first-order chi connectivity index (χ1) is 7.66. The van der Waals surface area contributed by atoms with Crippen molar-refractivity contribution < 1.29 is 9.90 Å². The van der Waals surface area contributed by atoms with Crippen LogP contribution in [0, 0.1) is 0 Å². The fourth-order valence-electron chi connectivity index (χ4n) is 2.66. The third kappa shape index (κ3) is 3.19. The topological polar surface area (TPSA) is 52.6 Å². The van der Waals surface area contributed by atoms with Crippen LogP contribution < -0.4 is 5.32 Å². The minimum absolute atomic E-state index is 0.279. The summed E-state index contributed by atoms with van der Waals surface area (Å²) in [4.78, 5) is 13.0. The Morgan fingerprint density at radius 3 is 2.88 bits per heavy atom. The number of nitrogens with one attached hydrogen (secondary N) is 1. The molecule has 2 rings (SSSR count). The van der Waals surface area contributed by atoms with Crippen LogP contribution in [-0.2, 0) is 4.79 Å². The maximum atomic E-state index is 10.4. The Balaban J connectivity index is 1.62. The van der Waals surface area contributed by atoms with E-state index in [9.17, 15) is 4.79 Å². The first kappa shape index (κ1) is 11.9. The molecule has 0 aromatic carbocycles. The molecule has 0 radical (unpaired) electrons. The van der Waals surface area contributed by atoms with E-state index in [4.69, 9.17) is 5.11 Å². The molecule has 0 amide bonds. The second-order valence-corrected chi connectivity index (χ2v) is 5.16. The Hall–Kier alpha value is -0.610. The summed E-state index contributed by atoms with van der Waals surface area (Å²) in [5.74, 6) is -0.693. The van der Waals surface area contributed by atoms with E-state index in [2.05, 4.69) is 17.1 Å². The van der Waals surface area contributed by atoms with Crippen molar-refractivity contribution in [1.29, 1.82) is 0 Å². The number of aliphatic carboxylic acids is 1. The van der Waals surface area contributed by atoms with Gasteiger partial charge in [-0.15, -0.1) is 0 Å². The molecule has 1 aliphatic heterocycles. The number of likely N-dealkylation sites (tertiary alicyclic amines) is 1. The van der Waals surface area contributed by atoms with E-state index < -0.39 is 5.97 Å². The van der Waals surface area contributed by atoms with Crippen LogP contribution in [0.2, 0.25) is 0 Å². The lowest BCUT2D eigenvalue weighted by Crippen LogP contribution is -2.34. The fourth-order valence-corrected chi connectivity index (χ4v) is 2.66. The largest absolute Gasteiger partial charge is 0.481 e. The molecule has 2 atom stereocenters. The third-order valence-corrected chi connectivity index (χ3v) is 3.64. The second-order valence-electron chi connectivity index (χ2n) is 5.16. The highest BCUT2D eigenvalue weighted by Gasteiger charge is 2.38. The molecule has 4 nitrogen and oxygen atoms in total. The Morgan fingerprint density at radius 2 is 2.25 bits per heavy atom. The molecule has 2 aliphatic rings. The van der Waals surface area contributed by atoms with E-state index >= 15 is 0 Å². The van der Waals surface area contributed by atoms with E-state index in [0.29, 0.717) is 12.1 Å². The van der Waals surface area contributed by atoms with Crippen LogP contribution in [-0.4, -0.2) is 47.2 Å². The van der Waals surface area contributed by atoms with Crippen LogP contribution in [0.5, 0.6) is 0 Å². The van der Waals surface area contributed by atoms with Crippen molar-refractivity contribution in [2.45, 2.75) is 57.2 Å². The minimum Gasteiger partial charge on any atom is -0.481 e. The van der Waals surface area contributed by atoms with Gasteiger partial charge in [-0.25, -0.2) is 0 Å². The van der Waals surface area contributed by atoms with Gasteiger partial charge in [-0.1, -0.05) is 0 Å². The monoisotopic (exact) mass is 226 g/mol. The molecule has 0 bridgehead atoms. The summed E-state index contributed by atoms with van der Waals surface area (Å²) >= 11 is 0. The Bertz CT molecular complexity index is 253. The van der Waals surface area contributed by atoms with Crippen molar-refractivity contribution in [2.24, 2.45) is 0 Å². The highest BCUT2D eigenvalue weighted by molar-refractivity contribution is 5.66. The van der Waals surface area contributed by atoms with Crippen LogP contribution >= 0.6 is 0 Å². The number of carbonyl (C=O) groups is 1. The molecule has 2 unspecified atom stereocenters. The number of hydrogen-bond acceptors (Lipinski definition) is 3. The normalized spacial score (nSPS) is 30.8. The highest BCUT2D eigenvalue weighted by atomic mass is 16.4. The lowest BCUT2D eigenvalue weighted by Gasteiger charge is -2.19. The molecular formula is C12H22N2O2. The van der Waals surface area contributed by atoms with Crippen molar-refractivity contribution in [2.75, 3.05) is 13.1 Å². The van der Waals surface area contributed by atoms with Crippen molar-refractivity contribution in [3.63, 3.8) is 0 Å². The molecule has 1 saturated heterocycles. The van der Waals surface area contributed by atoms with Gasteiger partial charge in [0.2, 0.25) is 0 Å². The summed E-state index contributed by atoms with van der Waals surface area (Å²) < 4.78 is 0. The van der Waals surface area contributed by atoms with Gasteiger partial charge in [-0.3, -0.25) is 9.69 Å². The van der Waals surface area contributed by atoms with Crippen LogP contribution in [0.4, 0.5) is 0 Å². The molecule has 92 valence electrons. The molecule has 0 spiro atoms. The van der Waals surface area contributed by atoms with Gasteiger partial charge in [0, 0.05) is 31.1 Å². The SMILES string of the molecule is CC1CC(NCCCC(=O)O)CN1C1CC1. The first-order valence-corrected chi connectivity index (χ1v) is 6.37. The molecule has 1 aliphatic carbocycles. The predicted molar refractivity (Wildman–Crippen MR) is 62.5 cm³/mol. The Labute approximate surface area is 97.0 Å². The number of carboxylic acid groups (broad SMARTS) is 1. The van der Waals surface area contributed by atoms with E-state index in [1.165, 1.54) is 19.3 Å². The van der Waals surface area contributed by atoms with Gasteiger partial charge in [0.25, 0.3) is 0 Å². The fraction of sp³-hybridized carbons (Fsp3) is 0.917. The molecule has 0 aromatic rings. The summed E-state index contributed by atoms with van der Waals surface area (Å²) in [6.07, 6.45) is 4.97. The van der Waals surface area contributed by atoms with Crippen LogP contribution in [0.3, 0.4) is 0 Å².